The zero-order valence-electron chi connectivity index (χ0n) is 22.8. The molecule has 0 saturated heterocycles. The van der Waals surface area contributed by atoms with Gasteiger partial charge in [-0.1, -0.05) is 109 Å². The van der Waals surface area contributed by atoms with E-state index < -0.39 is 0 Å². The van der Waals surface area contributed by atoms with Crippen LogP contribution in [0.2, 0.25) is 0 Å². The molecule has 0 aromatic heterocycles. The van der Waals surface area contributed by atoms with Crippen LogP contribution in [0.1, 0.15) is 120 Å². The summed E-state index contributed by atoms with van der Waals surface area (Å²) in [7, 11) is 0. The zero-order valence-corrected chi connectivity index (χ0v) is 22.8. The summed E-state index contributed by atoms with van der Waals surface area (Å²) in [6, 6.07) is 15.4. The third-order valence-electron chi connectivity index (χ3n) is 7.72. The highest BCUT2D eigenvalue weighted by Crippen LogP contribution is 2.34. The van der Waals surface area contributed by atoms with Gasteiger partial charge in [0.25, 0.3) is 0 Å². The SMILES string of the molecule is CCCCCCCCCOc1cccc(C(=O)Oc2ccc(CCC3CCC(CCC)CC3)cc2)c1. The van der Waals surface area contributed by atoms with E-state index in [-0.39, 0.29) is 5.97 Å². The van der Waals surface area contributed by atoms with Gasteiger partial charge in [-0.2, -0.15) is 0 Å². The van der Waals surface area contributed by atoms with E-state index in [1.807, 2.05) is 24.3 Å². The van der Waals surface area contributed by atoms with Crippen molar-refractivity contribution in [3.63, 3.8) is 0 Å². The first-order valence-corrected chi connectivity index (χ1v) is 14.7. The molecule has 2 aromatic carbocycles. The molecule has 3 nitrogen and oxygen atoms in total. The number of hydrogen-bond donors (Lipinski definition) is 0. The Kier molecular flexibility index (Phi) is 12.9. The first-order valence-electron chi connectivity index (χ1n) is 14.7. The Labute approximate surface area is 220 Å². The zero-order chi connectivity index (χ0) is 25.4. The van der Waals surface area contributed by atoms with Crippen molar-refractivity contribution in [2.45, 2.75) is 110 Å². The lowest BCUT2D eigenvalue weighted by molar-refractivity contribution is 0.0734. The maximum absolute atomic E-state index is 12.7. The van der Waals surface area contributed by atoms with Crippen molar-refractivity contribution in [3.8, 4) is 11.5 Å². The van der Waals surface area contributed by atoms with Gasteiger partial charge >= 0.3 is 5.97 Å². The molecule has 0 N–H and O–H groups in total. The van der Waals surface area contributed by atoms with Crippen LogP contribution in [0.4, 0.5) is 0 Å². The number of carbonyl (C=O) groups is 1. The van der Waals surface area contributed by atoms with Gasteiger partial charge < -0.3 is 9.47 Å². The van der Waals surface area contributed by atoms with Gasteiger partial charge in [-0.15, -0.1) is 0 Å². The van der Waals surface area contributed by atoms with Crippen LogP contribution in [0, 0.1) is 11.8 Å². The number of hydrogen-bond acceptors (Lipinski definition) is 3. The summed E-state index contributed by atoms with van der Waals surface area (Å²) in [6.07, 6.45) is 19.5. The van der Waals surface area contributed by atoms with E-state index in [1.165, 1.54) is 89.0 Å². The molecule has 0 amide bonds. The molecule has 0 heterocycles. The Morgan fingerprint density at radius 1 is 0.750 bits per heavy atom. The highest BCUT2D eigenvalue weighted by atomic mass is 16.5. The highest BCUT2D eigenvalue weighted by molar-refractivity contribution is 5.91. The summed E-state index contributed by atoms with van der Waals surface area (Å²) in [5.41, 5.74) is 1.85. The highest BCUT2D eigenvalue weighted by Gasteiger charge is 2.20. The number of ether oxygens (including phenoxy) is 2. The monoisotopic (exact) mass is 492 g/mol. The normalized spacial score (nSPS) is 17.6. The lowest BCUT2D eigenvalue weighted by atomic mass is 9.78. The molecular weight excluding hydrogens is 444 g/mol. The third kappa shape index (κ3) is 10.4. The van der Waals surface area contributed by atoms with E-state index in [0.717, 1.165) is 30.4 Å². The van der Waals surface area contributed by atoms with Crippen molar-refractivity contribution in [1.82, 2.24) is 0 Å². The minimum absolute atomic E-state index is 0.340. The van der Waals surface area contributed by atoms with Gasteiger partial charge in [-0.25, -0.2) is 4.79 Å². The molecule has 0 unspecified atom stereocenters. The maximum Gasteiger partial charge on any atom is 0.343 e. The molecule has 198 valence electrons. The minimum Gasteiger partial charge on any atom is -0.494 e. The Bertz CT molecular complexity index is 865. The summed E-state index contributed by atoms with van der Waals surface area (Å²) in [4.78, 5) is 12.7. The fourth-order valence-corrected chi connectivity index (χ4v) is 5.44. The molecule has 3 rings (SSSR count). The quantitative estimate of drug-likeness (QED) is 0.133. The van der Waals surface area contributed by atoms with Crippen molar-refractivity contribution >= 4 is 5.97 Å². The average Bonchev–Trinajstić information content (AvgIpc) is 2.91. The van der Waals surface area contributed by atoms with Crippen LogP contribution >= 0.6 is 0 Å². The Morgan fingerprint density at radius 2 is 1.42 bits per heavy atom. The van der Waals surface area contributed by atoms with Crippen molar-refractivity contribution in [2.75, 3.05) is 6.61 Å². The first kappa shape index (κ1) is 28.3. The molecule has 1 aliphatic carbocycles. The van der Waals surface area contributed by atoms with Crippen molar-refractivity contribution in [2.24, 2.45) is 11.8 Å². The van der Waals surface area contributed by atoms with Crippen LogP contribution in [0.25, 0.3) is 0 Å². The number of carbonyl (C=O) groups excluding carboxylic acids is 1. The number of esters is 1. The molecule has 0 radical (unpaired) electrons. The van der Waals surface area contributed by atoms with Crippen LogP contribution in [-0.2, 0) is 6.42 Å². The molecule has 3 heteroatoms. The molecule has 0 spiro atoms. The number of aryl methyl sites for hydroxylation is 1. The van der Waals surface area contributed by atoms with Gasteiger partial charge in [0.05, 0.1) is 12.2 Å². The summed E-state index contributed by atoms with van der Waals surface area (Å²) in [6.45, 7) is 5.24. The second-order valence-corrected chi connectivity index (χ2v) is 10.7. The maximum atomic E-state index is 12.7. The second-order valence-electron chi connectivity index (χ2n) is 10.7. The lowest BCUT2D eigenvalue weighted by Crippen LogP contribution is -2.15. The molecule has 2 aromatic rings. The predicted molar refractivity (Wildman–Crippen MR) is 150 cm³/mol. The predicted octanol–water partition coefficient (Wildman–Crippen LogP) is 9.57. The molecule has 0 atom stereocenters. The van der Waals surface area contributed by atoms with E-state index in [4.69, 9.17) is 9.47 Å². The van der Waals surface area contributed by atoms with E-state index in [2.05, 4.69) is 26.0 Å². The van der Waals surface area contributed by atoms with Crippen LogP contribution in [-0.4, -0.2) is 12.6 Å². The first-order chi connectivity index (χ1) is 17.7. The topological polar surface area (TPSA) is 35.5 Å². The van der Waals surface area contributed by atoms with Crippen molar-refractivity contribution in [1.29, 1.82) is 0 Å². The van der Waals surface area contributed by atoms with Gasteiger partial charge in [0, 0.05) is 0 Å². The van der Waals surface area contributed by atoms with Crippen LogP contribution < -0.4 is 9.47 Å². The second kappa shape index (κ2) is 16.5. The minimum atomic E-state index is -0.340. The molecule has 0 bridgehead atoms. The molecule has 0 aliphatic heterocycles. The van der Waals surface area contributed by atoms with Crippen molar-refractivity contribution < 1.29 is 14.3 Å². The molecular formula is C33H48O3. The Morgan fingerprint density at radius 3 is 2.11 bits per heavy atom. The van der Waals surface area contributed by atoms with Crippen molar-refractivity contribution in [3.05, 3.63) is 59.7 Å². The smallest absolute Gasteiger partial charge is 0.343 e. The van der Waals surface area contributed by atoms with E-state index in [9.17, 15) is 4.79 Å². The van der Waals surface area contributed by atoms with Gasteiger partial charge in [0.1, 0.15) is 11.5 Å². The Hall–Kier alpha value is -2.29. The number of rotatable bonds is 16. The van der Waals surface area contributed by atoms with E-state index in [0.29, 0.717) is 17.9 Å². The van der Waals surface area contributed by atoms with Gasteiger partial charge in [-0.3, -0.25) is 0 Å². The largest absolute Gasteiger partial charge is 0.494 e. The molecule has 1 fully saturated rings. The molecule has 1 saturated carbocycles. The third-order valence-corrected chi connectivity index (χ3v) is 7.72. The summed E-state index contributed by atoms with van der Waals surface area (Å²) in [5, 5.41) is 0. The number of benzene rings is 2. The molecule has 36 heavy (non-hydrogen) atoms. The van der Waals surface area contributed by atoms with Gasteiger partial charge in [0.15, 0.2) is 0 Å². The van der Waals surface area contributed by atoms with Gasteiger partial charge in [-0.05, 0) is 67.0 Å². The lowest BCUT2D eigenvalue weighted by Gasteiger charge is -2.28. The van der Waals surface area contributed by atoms with Crippen LogP contribution in [0.3, 0.4) is 0 Å². The van der Waals surface area contributed by atoms with E-state index in [1.54, 1.807) is 12.1 Å². The standard InChI is InChI=1S/C33H48O3/c1-3-5-6-7-8-9-10-25-35-32-14-11-13-30(26-32)33(34)36-31-23-21-29(22-24-31)20-19-28-17-15-27(12-4-2)16-18-28/h11,13-14,21-24,26-28H,3-10,12,15-20,25H2,1-2H3. The van der Waals surface area contributed by atoms with Gasteiger partial charge in [0.2, 0.25) is 0 Å². The fourth-order valence-electron chi connectivity index (χ4n) is 5.44. The summed E-state index contributed by atoms with van der Waals surface area (Å²) < 4.78 is 11.5. The van der Waals surface area contributed by atoms with Crippen LogP contribution in [0.5, 0.6) is 11.5 Å². The number of unbranched alkanes of at least 4 members (excludes halogenated alkanes) is 6. The average molecular weight is 493 g/mol. The Balaban J connectivity index is 1.36. The molecule has 1 aliphatic rings. The van der Waals surface area contributed by atoms with E-state index >= 15 is 0 Å². The fraction of sp³-hybridized carbons (Fsp3) is 0.606. The van der Waals surface area contributed by atoms with Crippen LogP contribution in [0.15, 0.2) is 48.5 Å². The summed E-state index contributed by atoms with van der Waals surface area (Å²) >= 11 is 0. The summed E-state index contributed by atoms with van der Waals surface area (Å²) in [5.74, 6) is 2.83.